The molecule has 0 radical (unpaired) electrons. The highest BCUT2D eigenvalue weighted by Crippen LogP contribution is 2.36. The number of hydrogen-bond acceptors (Lipinski definition) is 2. The van der Waals surface area contributed by atoms with Crippen molar-refractivity contribution in [2.75, 3.05) is 5.73 Å². The van der Waals surface area contributed by atoms with Crippen LogP contribution in [-0.4, -0.2) is 0 Å². The van der Waals surface area contributed by atoms with Crippen LogP contribution in [0.4, 0.5) is 5.69 Å². The third kappa shape index (κ3) is 4.56. The molecule has 0 amide bonds. The molecule has 6 aromatic carbocycles. The molecule has 0 aliphatic carbocycles. The van der Waals surface area contributed by atoms with Gasteiger partial charge in [0, 0.05) is 5.56 Å². The number of nitrogens with two attached hydrogens (primary N) is 1. The van der Waals surface area contributed by atoms with E-state index < -0.39 is 0 Å². The summed E-state index contributed by atoms with van der Waals surface area (Å²) in [5.41, 5.74) is 14.8. The SMILES string of the molecule is C=C(Oc1ccccc1N)c1ccc(-c2cccc(-c3ccc(-c4ccccc4)cc3)c2)c2ccccc12. The van der Waals surface area contributed by atoms with Crippen LogP contribution in [0.1, 0.15) is 5.56 Å². The molecule has 0 unspecified atom stereocenters. The fourth-order valence-electron chi connectivity index (χ4n) is 4.91. The van der Waals surface area contributed by atoms with E-state index in [0.29, 0.717) is 17.2 Å². The predicted octanol–water partition coefficient (Wildman–Crippen LogP) is 9.47. The Labute approximate surface area is 223 Å². The highest BCUT2D eigenvalue weighted by atomic mass is 16.5. The number of nitrogen functional groups attached to an aromatic ring is 1. The van der Waals surface area contributed by atoms with Crippen molar-refractivity contribution in [3.05, 3.63) is 152 Å². The summed E-state index contributed by atoms with van der Waals surface area (Å²) in [4.78, 5) is 0. The van der Waals surface area contributed by atoms with Gasteiger partial charge in [0.15, 0.2) is 0 Å². The lowest BCUT2D eigenvalue weighted by molar-refractivity contribution is 0.520. The van der Waals surface area contributed by atoms with Crippen molar-refractivity contribution in [1.29, 1.82) is 0 Å². The third-order valence-electron chi connectivity index (χ3n) is 6.88. The Hall–Kier alpha value is -5.08. The minimum atomic E-state index is 0.568. The highest BCUT2D eigenvalue weighted by Gasteiger charge is 2.13. The van der Waals surface area contributed by atoms with Crippen LogP contribution in [0.15, 0.2) is 146 Å². The molecule has 2 heteroatoms. The third-order valence-corrected chi connectivity index (χ3v) is 6.88. The molecule has 2 N–H and O–H groups in total. The van der Waals surface area contributed by atoms with Crippen LogP contribution < -0.4 is 10.5 Å². The maximum atomic E-state index is 6.09. The van der Waals surface area contributed by atoms with Gasteiger partial charge in [-0.05, 0) is 68.4 Å². The van der Waals surface area contributed by atoms with Crippen molar-refractivity contribution in [2.45, 2.75) is 0 Å². The smallest absolute Gasteiger partial charge is 0.150 e. The molecule has 6 rings (SSSR count). The van der Waals surface area contributed by atoms with E-state index in [2.05, 4.69) is 110 Å². The van der Waals surface area contributed by atoms with Gasteiger partial charge in [0.1, 0.15) is 11.5 Å². The lowest BCUT2D eigenvalue weighted by Crippen LogP contribution is -1.98. The van der Waals surface area contributed by atoms with Crippen molar-refractivity contribution < 1.29 is 4.74 Å². The molecule has 0 aromatic heterocycles. The summed E-state index contributed by atoms with van der Waals surface area (Å²) >= 11 is 0. The fraction of sp³-hybridized carbons (Fsp3) is 0. The Morgan fingerprint density at radius 2 is 1.08 bits per heavy atom. The van der Waals surface area contributed by atoms with Gasteiger partial charge in [0.05, 0.1) is 5.69 Å². The van der Waals surface area contributed by atoms with Gasteiger partial charge in [-0.15, -0.1) is 0 Å². The zero-order valence-corrected chi connectivity index (χ0v) is 21.0. The number of benzene rings is 6. The van der Waals surface area contributed by atoms with Crippen molar-refractivity contribution in [1.82, 2.24) is 0 Å². The van der Waals surface area contributed by atoms with E-state index in [1.54, 1.807) is 0 Å². The zero-order valence-electron chi connectivity index (χ0n) is 21.0. The van der Waals surface area contributed by atoms with Crippen LogP contribution in [0, 0.1) is 0 Å². The van der Waals surface area contributed by atoms with Gasteiger partial charge in [-0.3, -0.25) is 0 Å². The maximum absolute atomic E-state index is 6.09. The molecule has 0 saturated heterocycles. The van der Waals surface area contributed by atoms with Gasteiger partial charge in [-0.1, -0.05) is 122 Å². The average molecular weight is 490 g/mol. The monoisotopic (exact) mass is 489 g/mol. The highest BCUT2D eigenvalue weighted by molar-refractivity contribution is 6.02. The second-order valence-electron chi connectivity index (χ2n) is 9.29. The fourth-order valence-corrected chi connectivity index (χ4v) is 4.91. The van der Waals surface area contributed by atoms with Gasteiger partial charge in [0.25, 0.3) is 0 Å². The van der Waals surface area contributed by atoms with Gasteiger partial charge in [-0.2, -0.15) is 0 Å². The van der Waals surface area contributed by atoms with E-state index in [1.807, 2.05) is 36.4 Å². The Balaban J connectivity index is 1.35. The number of para-hydroxylation sites is 2. The van der Waals surface area contributed by atoms with Crippen molar-refractivity contribution in [3.63, 3.8) is 0 Å². The first-order valence-corrected chi connectivity index (χ1v) is 12.7. The number of ether oxygens (including phenoxy) is 1. The molecule has 6 aromatic rings. The number of rotatable bonds is 6. The van der Waals surface area contributed by atoms with Gasteiger partial charge in [0.2, 0.25) is 0 Å². The molecular formula is C36H27NO. The molecular weight excluding hydrogens is 462 g/mol. The Morgan fingerprint density at radius 1 is 0.500 bits per heavy atom. The van der Waals surface area contributed by atoms with Crippen LogP contribution in [-0.2, 0) is 0 Å². The first-order chi connectivity index (χ1) is 18.7. The van der Waals surface area contributed by atoms with Crippen molar-refractivity contribution in [2.24, 2.45) is 0 Å². The lowest BCUT2D eigenvalue weighted by atomic mass is 9.92. The summed E-state index contributed by atoms with van der Waals surface area (Å²) in [5.74, 6) is 1.18. The molecule has 0 saturated carbocycles. The van der Waals surface area contributed by atoms with E-state index in [-0.39, 0.29) is 0 Å². The van der Waals surface area contributed by atoms with Crippen molar-refractivity contribution >= 4 is 22.2 Å². The first kappa shape index (κ1) is 23.3. The number of hydrogen-bond donors (Lipinski definition) is 1. The minimum Gasteiger partial charge on any atom is -0.455 e. The Morgan fingerprint density at radius 3 is 1.84 bits per heavy atom. The van der Waals surface area contributed by atoms with Crippen LogP contribution in [0.3, 0.4) is 0 Å². The van der Waals surface area contributed by atoms with E-state index >= 15 is 0 Å². The largest absolute Gasteiger partial charge is 0.455 e. The van der Waals surface area contributed by atoms with Crippen LogP contribution in [0.5, 0.6) is 5.75 Å². The molecule has 0 heterocycles. The van der Waals surface area contributed by atoms with Crippen molar-refractivity contribution in [3.8, 4) is 39.1 Å². The maximum Gasteiger partial charge on any atom is 0.150 e. The Kier molecular flexibility index (Phi) is 6.21. The normalized spacial score (nSPS) is 10.8. The minimum absolute atomic E-state index is 0.568. The van der Waals surface area contributed by atoms with E-state index in [1.165, 1.54) is 27.8 Å². The first-order valence-electron chi connectivity index (χ1n) is 12.7. The van der Waals surface area contributed by atoms with Gasteiger partial charge < -0.3 is 10.5 Å². The van der Waals surface area contributed by atoms with Gasteiger partial charge >= 0.3 is 0 Å². The summed E-state index contributed by atoms with van der Waals surface area (Å²) in [5, 5.41) is 2.23. The average Bonchev–Trinajstić information content (AvgIpc) is 2.98. The summed E-state index contributed by atoms with van der Waals surface area (Å²) in [6.07, 6.45) is 0. The van der Waals surface area contributed by atoms with E-state index in [9.17, 15) is 0 Å². The number of anilines is 1. The summed E-state index contributed by atoms with van der Waals surface area (Å²) in [7, 11) is 0. The quantitative estimate of drug-likeness (QED) is 0.187. The molecule has 38 heavy (non-hydrogen) atoms. The summed E-state index contributed by atoms with van der Waals surface area (Å²) in [6, 6.07) is 48.0. The zero-order chi connectivity index (χ0) is 25.9. The standard InChI is InChI=1S/C36H27NO/c1-25(38-36-17-8-7-16-35(36)37)31-22-23-32(34-15-6-5-14-33(31)34)30-13-9-12-29(24-30)28-20-18-27(19-21-28)26-10-3-2-4-11-26/h2-24H,1,37H2. The number of fused-ring (bicyclic) bond motifs is 1. The summed E-state index contributed by atoms with van der Waals surface area (Å²) in [6.45, 7) is 4.22. The molecule has 0 aliphatic rings. The predicted molar refractivity (Wildman–Crippen MR) is 161 cm³/mol. The Bertz CT molecular complexity index is 1750. The molecule has 0 bridgehead atoms. The molecule has 0 atom stereocenters. The topological polar surface area (TPSA) is 35.2 Å². The second-order valence-corrected chi connectivity index (χ2v) is 9.29. The molecule has 0 aliphatic heterocycles. The summed E-state index contributed by atoms with van der Waals surface area (Å²) < 4.78 is 6.08. The van der Waals surface area contributed by atoms with Crippen LogP contribution in [0.2, 0.25) is 0 Å². The van der Waals surface area contributed by atoms with Crippen LogP contribution in [0.25, 0.3) is 49.9 Å². The lowest BCUT2D eigenvalue weighted by Gasteiger charge is -2.15. The second kappa shape index (κ2) is 10.1. The van der Waals surface area contributed by atoms with Gasteiger partial charge in [-0.25, -0.2) is 0 Å². The van der Waals surface area contributed by atoms with E-state index in [0.717, 1.165) is 21.9 Å². The molecule has 2 nitrogen and oxygen atoms in total. The molecule has 0 fully saturated rings. The molecule has 182 valence electrons. The van der Waals surface area contributed by atoms with Crippen LogP contribution >= 0.6 is 0 Å². The molecule has 0 spiro atoms. The van der Waals surface area contributed by atoms with E-state index in [4.69, 9.17) is 10.5 Å².